The second-order valence-electron chi connectivity index (χ2n) is 6.88. The summed E-state index contributed by atoms with van der Waals surface area (Å²) in [4.78, 5) is 13.5. The van der Waals surface area contributed by atoms with Gasteiger partial charge in [0.05, 0.1) is 31.1 Å². The van der Waals surface area contributed by atoms with Crippen LogP contribution in [-0.4, -0.2) is 57.4 Å². The Kier molecular flexibility index (Phi) is 6.85. The fourth-order valence-electron chi connectivity index (χ4n) is 2.87. The molecule has 1 aromatic rings. The molecule has 0 saturated carbocycles. The summed E-state index contributed by atoms with van der Waals surface area (Å²) in [5.41, 5.74) is 0. The molecule has 8 heteroatoms. The van der Waals surface area contributed by atoms with Crippen LogP contribution in [0.25, 0.3) is 0 Å². The van der Waals surface area contributed by atoms with Gasteiger partial charge in [-0.25, -0.2) is 8.42 Å². The number of amides is 1. The summed E-state index contributed by atoms with van der Waals surface area (Å²) in [6, 6.07) is 6.13. The van der Waals surface area contributed by atoms with Crippen molar-refractivity contribution in [3.63, 3.8) is 0 Å². The van der Waals surface area contributed by atoms with E-state index in [0.29, 0.717) is 43.7 Å². The highest BCUT2D eigenvalue weighted by Gasteiger charge is 2.34. The molecule has 1 fully saturated rings. The zero-order valence-electron chi connectivity index (χ0n) is 15.0. The summed E-state index contributed by atoms with van der Waals surface area (Å²) in [6.07, 6.45) is 0. The maximum Gasteiger partial charge on any atom is 0.278 e. The number of rotatable bonds is 6. The first kappa shape index (κ1) is 20.2. The first-order chi connectivity index (χ1) is 11.7. The van der Waals surface area contributed by atoms with Crippen molar-refractivity contribution in [2.24, 2.45) is 5.92 Å². The molecule has 1 amide bonds. The van der Waals surface area contributed by atoms with Crippen molar-refractivity contribution in [1.82, 2.24) is 9.62 Å². The van der Waals surface area contributed by atoms with Crippen LogP contribution in [0, 0.1) is 5.92 Å². The van der Waals surface area contributed by atoms with Crippen LogP contribution in [-0.2, 0) is 14.8 Å². The average molecular weight is 389 g/mol. The molecule has 1 atom stereocenters. The molecule has 0 aromatic heterocycles. The van der Waals surface area contributed by atoms with E-state index in [1.165, 1.54) is 10.4 Å². The van der Waals surface area contributed by atoms with Gasteiger partial charge in [-0.1, -0.05) is 31.5 Å². The van der Waals surface area contributed by atoms with E-state index in [9.17, 15) is 13.2 Å². The predicted octanol–water partition coefficient (Wildman–Crippen LogP) is 0.390. The molecule has 0 aliphatic carbocycles. The zero-order chi connectivity index (χ0) is 18.6. The molecule has 1 aromatic carbocycles. The molecular formula is C17H27ClN3O3S+. The van der Waals surface area contributed by atoms with Crippen LogP contribution < -0.4 is 10.2 Å². The SMILES string of the molecule is CC(C)CNC(=O)[C@@H](C)[NH+]1CCN(S(=O)(=O)c2cccc(Cl)c2)CC1. The fourth-order valence-corrected chi connectivity index (χ4v) is 4.61. The average Bonchev–Trinajstić information content (AvgIpc) is 2.59. The number of hydrogen-bond donors (Lipinski definition) is 2. The van der Waals surface area contributed by atoms with Crippen molar-refractivity contribution >= 4 is 27.5 Å². The number of halogens is 1. The van der Waals surface area contributed by atoms with E-state index in [2.05, 4.69) is 19.2 Å². The lowest BCUT2D eigenvalue weighted by atomic mass is 10.2. The van der Waals surface area contributed by atoms with Gasteiger partial charge in [0, 0.05) is 11.6 Å². The van der Waals surface area contributed by atoms with E-state index in [1.54, 1.807) is 18.2 Å². The zero-order valence-corrected chi connectivity index (χ0v) is 16.5. The standard InChI is InChI=1S/C17H26ClN3O3S/c1-13(2)12-19-17(22)14(3)20-7-9-21(10-8-20)25(23,24)16-6-4-5-15(18)11-16/h4-6,11,13-14H,7-10,12H2,1-3H3,(H,19,22)/p+1/t14-/m1/s1. The Morgan fingerprint density at radius 2 is 1.92 bits per heavy atom. The molecule has 0 unspecified atom stereocenters. The van der Waals surface area contributed by atoms with Crippen LogP contribution in [0.5, 0.6) is 0 Å². The van der Waals surface area contributed by atoms with Crippen LogP contribution in [0.1, 0.15) is 20.8 Å². The third kappa shape index (κ3) is 5.17. The minimum atomic E-state index is -3.54. The molecule has 2 rings (SSSR count). The summed E-state index contributed by atoms with van der Waals surface area (Å²) in [5, 5.41) is 3.35. The Morgan fingerprint density at radius 1 is 1.28 bits per heavy atom. The molecule has 0 bridgehead atoms. The quantitative estimate of drug-likeness (QED) is 0.740. The molecular weight excluding hydrogens is 362 g/mol. The molecule has 0 radical (unpaired) electrons. The van der Waals surface area contributed by atoms with Crippen molar-refractivity contribution in [2.75, 3.05) is 32.7 Å². The lowest BCUT2D eigenvalue weighted by Crippen LogP contribution is -3.19. The molecule has 2 N–H and O–H groups in total. The topological polar surface area (TPSA) is 70.9 Å². The van der Waals surface area contributed by atoms with Crippen LogP contribution in [0.4, 0.5) is 0 Å². The number of benzene rings is 1. The van der Waals surface area contributed by atoms with Crippen molar-refractivity contribution < 1.29 is 18.1 Å². The third-order valence-electron chi connectivity index (χ3n) is 4.49. The number of carbonyl (C=O) groups is 1. The van der Waals surface area contributed by atoms with Crippen LogP contribution >= 0.6 is 11.6 Å². The van der Waals surface area contributed by atoms with Gasteiger partial charge in [-0.05, 0) is 31.0 Å². The van der Waals surface area contributed by atoms with E-state index in [-0.39, 0.29) is 16.8 Å². The van der Waals surface area contributed by atoms with Gasteiger partial charge in [0.15, 0.2) is 6.04 Å². The fraction of sp³-hybridized carbons (Fsp3) is 0.588. The highest BCUT2D eigenvalue weighted by atomic mass is 35.5. The van der Waals surface area contributed by atoms with Gasteiger partial charge >= 0.3 is 0 Å². The van der Waals surface area contributed by atoms with Gasteiger partial charge in [-0.15, -0.1) is 0 Å². The maximum absolute atomic E-state index is 12.7. The lowest BCUT2D eigenvalue weighted by Gasteiger charge is -2.34. The number of sulfonamides is 1. The number of hydrogen-bond acceptors (Lipinski definition) is 3. The summed E-state index contributed by atoms with van der Waals surface area (Å²) >= 11 is 5.91. The minimum Gasteiger partial charge on any atom is -0.351 e. The van der Waals surface area contributed by atoms with Gasteiger partial charge < -0.3 is 10.2 Å². The van der Waals surface area contributed by atoms with Crippen molar-refractivity contribution in [1.29, 1.82) is 0 Å². The van der Waals surface area contributed by atoms with Gasteiger partial charge in [-0.3, -0.25) is 4.79 Å². The first-order valence-electron chi connectivity index (χ1n) is 8.60. The van der Waals surface area contributed by atoms with E-state index < -0.39 is 10.0 Å². The molecule has 6 nitrogen and oxygen atoms in total. The Balaban J connectivity index is 1.96. The molecule has 0 spiro atoms. The molecule has 140 valence electrons. The largest absolute Gasteiger partial charge is 0.351 e. The molecule has 1 aliphatic heterocycles. The molecule has 1 aliphatic rings. The predicted molar refractivity (Wildman–Crippen MR) is 98.2 cm³/mol. The highest BCUT2D eigenvalue weighted by molar-refractivity contribution is 7.89. The minimum absolute atomic E-state index is 0.0230. The van der Waals surface area contributed by atoms with Crippen LogP contribution in [0.15, 0.2) is 29.2 Å². The lowest BCUT2D eigenvalue weighted by molar-refractivity contribution is -0.917. The van der Waals surface area contributed by atoms with Crippen LogP contribution in [0.3, 0.4) is 0 Å². The van der Waals surface area contributed by atoms with Crippen molar-refractivity contribution in [3.8, 4) is 0 Å². The Bertz CT molecular complexity index is 701. The molecule has 1 saturated heterocycles. The Hall–Kier alpha value is -1.15. The van der Waals surface area contributed by atoms with E-state index in [0.717, 1.165) is 4.90 Å². The number of nitrogens with one attached hydrogen (secondary N) is 2. The van der Waals surface area contributed by atoms with E-state index >= 15 is 0 Å². The summed E-state index contributed by atoms with van der Waals surface area (Å²) in [6.45, 7) is 8.66. The van der Waals surface area contributed by atoms with E-state index in [1.807, 2.05) is 6.92 Å². The monoisotopic (exact) mass is 388 g/mol. The van der Waals surface area contributed by atoms with Gasteiger partial charge in [0.2, 0.25) is 10.0 Å². The maximum atomic E-state index is 12.7. The van der Waals surface area contributed by atoms with Gasteiger partial charge in [0.25, 0.3) is 5.91 Å². The number of piperazine rings is 1. The Morgan fingerprint density at radius 3 is 2.48 bits per heavy atom. The van der Waals surface area contributed by atoms with Gasteiger partial charge in [0.1, 0.15) is 0 Å². The number of carbonyl (C=O) groups excluding carboxylic acids is 1. The second-order valence-corrected chi connectivity index (χ2v) is 9.25. The van der Waals surface area contributed by atoms with Crippen molar-refractivity contribution in [2.45, 2.75) is 31.7 Å². The van der Waals surface area contributed by atoms with Crippen LogP contribution in [0.2, 0.25) is 5.02 Å². The van der Waals surface area contributed by atoms with E-state index in [4.69, 9.17) is 11.6 Å². The first-order valence-corrected chi connectivity index (χ1v) is 10.4. The summed E-state index contributed by atoms with van der Waals surface area (Å²) < 4.78 is 26.9. The Labute approximate surface area is 155 Å². The normalized spacial score (nSPS) is 18.3. The third-order valence-corrected chi connectivity index (χ3v) is 6.62. The molecule has 25 heavy (non-hydrogen) atoms. The van der Waals surface area contributed by atoms with Crippen molar-refractivity contribution in [3.05, 3.63) is 29.3 Å². The summed E-state index contributed by atoms with van der Waals surface area (Å²) in [5.74, 6) is 0.431. The second kappa shape index (κ2) is 8.49. The molecule has 1 heterocycles. The van der Waals surface area contributed by atoms with Gasteiger partial charge in [-0.2, -0.15) is 4.31 Å². The smallest absolute Gasteiger partial charge is 0.278 e. The summed E-state index contributed by atoms with van der Waals surface area (Å²) in [7, 11) is -3.54. The number of quaternary nitrogens is 1. The number of nitrogens with zero attached hydrogens (tertiary/aromatic N) is 1. The highest BCUT2D eigenvalue weighted by Crippen LogP contribution is 2.19.